The zero-order chi connectivity index (χ0) is 13.0. The summed E-state index contributed by atoms with van der Waals surface area (Å²) >= 11 is 0. The normalized spacial score (nSPS) is 19.0. The van der Waals surface area contributed by atoms with Gasteiger partial charge in [-0.15, -0.1) is 0 Å². The molecule has 1 fully saturated rings. The number of piperidine rings is 1. The van der Waals surface area contributed by atoms with E-state index in [9.17, 15) is 4.79 Å². The molecule has 1 amide bonds. The summed E-state index contributed by atoms with van der Waals surface area (Å²) in [7, 11) is 0. The fourth-order valence-electron chi connectivity index (χ4n) is 2.12. The van der Waals surface area contributed by atoms with E-state index in [0.29, 0.717) is 5.56 Å². The van der Waals surface area contributed by atoms with Crippen LogP contribution >= 0.6 is 0 Å². The molecule has 2 rings (SSSR count). The van der Waals surface area contributed by atoms with Crippen molar-refractivity contribution in [3.8, 4) is 6.07 Å². The second-order valence-corrected chi connectivity index (χ2v) is 4.63. The standard InChI is InChI=1S/C14H17N3O/c1-10-5-6-11(9-15)8-13(10)17-14(18)12-4-2-3-7-16-12/h5-6,8,12,16H,2-4,7H2,1H3,(H,17,18)/t12-/m1/s1. The van der Waals surface area contributed by atoms with E-state index in [0.717, 1.165) is 37.1 Å². The molecule has 0 spiro atoms. The van der Waals surface area contributed by atoms with Gasteiger partial charge in [-0.1, -0.05) is 12.5 Å². The second-order valence-electron chi connectivity index (χ2n) is 4.63. The topological polar surface area (TPSA) is 64.9 Å². The molecule has 1 aromatic carbocycles. The third-order valence-electron chi connectivity index (χ3n) is 3.25. The molecular formula is C14H17N3O. The summed E-state index contributed by atoms with van der Waals surface area (Å²) in [4.78, 5) is 12.1. The minimum Gasteiger partial charge on any atom is -0.324 e. The first-order valence-electron chi connectivity index (χ1n) is 6.25. The van der Waals surface area contributed by atoms with Gasteiger partial charge in [0, 0.05) is 5.69 Å². The average molecular weight is 243 g/mol. The summed E-state index contributed by atoms with van der Waals surface area (Å²) in [5.41, 5.74) is 2.26. The Morgan fingerprint density at radius 1 is 1.50 bits per heavy atom. The number of aryl methyl sites for hydroxylation is 1. The number of nitrogens with one attached hydrogen (secondary N) is 2. The Kier molecular flexibility index (Phi) is 3.96. The second kappa shape index (κ2) is 5.65. The first kappa shape index (κ1) is 12.6. The van der Waals surface area contributed by atoms with E-state index < -0.39 is 0 Å². The molecule has 1 saturated heterocycles. The fourth-order valence-corrected chi connectivity index (χ4v) is 2.12. The molecule has 4 heteroatoms. The molecule has 0 bridgehead atoms. The van der Waals surface area contributed by atoms with Crippen molar-refractivity contribution in [1.29, 1.82) is 5.26 Å². The Morgan fingerprint density at radius 3 is 3.00 bits per heavy atom. The van der Waals surface area contributed by atoms with Crippen LogP contribution in [0.5, 0.6) is 0 Å². The van der Waals surface area contributed by atoms with Crippen molar-refractivity contribution in [2.24, 2.45) is 0 Å². The van der Waals surface area contributed by atoms with Crippen LogP contribution in [0.4, 0.5) is 5.69 Å². The minimum atomic E-state index is -0.108. The zero-order valence-corrected chi connectivity index (χ0v) is 10.5. The highest BCUT2D eigenvalue weighted by molar-refractivity contribution is 5.95. The maximum absolute atomic E-state index is 12.1. The number of anilines is 1. The number of carbonyl (C=O) groups is 1. The Morgan fingerprint density at radius 2 is 2.33 bits per heavy atom. The molecule has 0 saturated carbocycles. The van der Waals surface area contributed by atoms with Gasteiger partial charge in [-0.25, -0.2) is 0 Å². The van der Waals surface area contributed by atoms with Crippen molar-refractivity contribution in [3.05, 3.63) is 29.3 Å². The van der Waals surface area contributed by atoms with Crippen LogP contribution in [0.15, 0.2) is 18.2 Å². The molecular weight excluding hydrogens is 226 g/mol. The Hall–Kier alpha value is -1.86. The maximum Gasteiger partial charge on any atom is 0.241 e. The van der Waals surface area contributed by atoms with Crippen LogP contribution in [0, 0.1) is 18.3 Å². The summed E-state index contributed by atoms with van der Waals surface area (Å²) in [6, 6.07) is 7.29. The van der Waals surface area contributed by atoms with Crippen LogP contribution in [-0.2, 0) is 4.79 Å². The van der Waals surface area contributed by atoms with Gasteiger partial charge in [-0.2, -0.15) is 5.26 Å². The molecule has 1 aliphatic rings. The van der Waals surface area contributed by atoms with Gasteiger partial charge in [0.1, 0.15) is 0 Å². The first-order chi connectivity index (χ1) is 8.70. The molecule has 1 heterocycles. The SMILES string of the molecule is Cc1ccc(C#N)cc1NC(=O)[C@H]1CCCCN1. The van der Waals surface area contributed by atoms with Gasteiger partial charge in [0.2, 0.25) is 5.91 Å². The molecule has 4 nitrogen and oxygen atoms in total. The van der Waals surface area contributed by atoms with E-state index in [1.165, 1.54) is 0 Å². The van der Waals surface area contributed by atoms with Gasteiger partial charge >= 0.3 is 0 Å². The van der Waals surface area contributed by atoms with Gasteiger partial charge in [0.25, 0.3) is 0 Å². The van der Waals surface area contributed by atoms with Crippen molar-refractivity contribution in [2.75, 3.05) is 11.9 Å². The van der Waals surface area contributed by atoms with E-state index in [-0.39, 0.29) is 11.9 Å². The van der Waals surface area contributed by atoms with Crippen LogP contribution in [0.25, 0.3) is 0 Å². The highest BCUT2D eigenvalue weighted by atomic mass is 16.2. The maximum atomic E-state index is 12.1. The van der Waals surface area contributed by atoms with Crippen LogP contribution < -0.4 is 10.6 Å². The number of benzene rings is 1. The number of rotatable bonds is 2. The van der Waals surface area contributed by atoms with E-state index in [1.54, 1.807) is 12.1 Å². The molecule has 94 valence electrons. The Balaban J connectivity index is 2.08. The lowest BCUT2D eigenvalue weighted by Crippen LogP contribution is -2.43. The fraction of sp³-hybridized carbons (Fsp3) is 0.429. The van der Waals surface area contributed by atoms with Crippen molar-refractivity contribution in [1.82, 2.24) is 5.32 Å². The molecule has 2 N–H and O–H groups in total. The van der Waals surface area contributed by atoms with E-state index in [4.69, 9.17) is 5.26 Å². The predicted molar refractivity (Wildman–Crippen MR) is 70.2 cm³/mol. The number of carbonyl (C=O) groups excluding carboxylic acids is 1. The van der Waals surface area contributed by atoms with Crippen LogP contribution in [0.2, 0.25) is 0 Å². The van der Waals surface area contributed by atoms with Crippen molar-refractivity contribution < 1.29 is 4.79 Å². The average Bonchev–Trinajstić information content (AvgIpc) is 2.42. The van der Waals surface area contributed by atoms with Crippen LogP contribution in [-0.4, -0.2) is 18.5 Å². The van der Waals surface area contributed by atoms with E-state index in [2.05, 4.69) is 16.7 Å². The number of hydrogen-bond acceptors (Lipinski definition) is 3. The van der Waals surface area contributed by atoms with Gasteiger partial charge in [0.15, 0.2) is 0 Å². The first-order valence-corrected chi connectivity index (χ1v) is 6.25. The number of hydrogen-bond donors (Lipinski definition) is 2. The van der Waals surface area contributed by atoms with Gasteiger partial charge in [0.05, 0.1) is 17.7 Å². The molecule has 18 heavy (non-hydrogen) atoms. The molecule has 0 radical (unpaired) electrons. The summed E-state index contributed by atoms with van der Waals surface area (Å²) in [5.74, 6) is -0.00658. The number of nitriles is 1. The predicted octanol–water partition coefficient (Wildman–Crippen LogP) is 1.95. The monoisotopic (exact) mass is 243 g/mol. The van der Waals surface area contributed by atoms with Gasteiger partial charge in [-0.3, -0.25) is 4.79 Å². The molecule has 0 aliphatic carbocycles. The lowest BCUT2D eigenvalue weighted by molar-refractivity contribution is -0.118. The summed E-state index contributed by atoms with van der Waals surface area (Å²) < 4.78 is 0. The van der Waals surface area contributed by atoms with Crippen LogP contribution in [0.1, 0.15) is 30.4 Å². The minimum absolute atomic E-state index is 0.00658. The van der Waals surface area contributed by atoms with Crippen molar-refractivity contribution in [2.45, 2.75) is 32.2 Å². The highest BCUT2D eigenvalue weighted by Gasteiger charge is 2.20. The molecule has 0 unspecified atom stereocenters. The number of amides is 1. The smallest absolute Gasteiger partial charge is 0.241 e. The lowest BCUT2D eigenvalue weighted by Gasteiger charge is -2.23. The Bertz CT molecular complexity index is 484. The Labute approximate surface area is 107 Å². The molecule has 1 aliphatic heterocycles. The lowest BCUT2D eigenvalue weighted by atomic mass is 10.0. The summed E-state index contributed by atoms with van der Waals surface area (Å²) in [6.07, 6.45) is 3.10. The third kappa shape index (κ3) is 2.88. The van der Waals surface area contributed by atoms with Gasteiger partial charge < -0.3 is 10.6 Å². The summed E-state index contributed by atoms with van der Waals surface area (Å²) in [5, 5.41) is 15.0. The largest absolute Gasteiger partial charge is 0.324 e. The summed E-state index contributed by atoms with van der Waals surface area (Å²) in [6.45, 7) is 2.82. The number of nitrogens with zero attached hydrogens (tertiary/aromatic N) is 1. The van der Waals surface area contributed by atoms with Crippen molar-refractivity contribution in [3.63, 3.8) is 0 Å². The van der Waals surface area contributed by atoms with E-state index in [1.807, 2.05) is 13.0 Å². The molecule has 1 aromatic rings. The highest BCUT2D eigenvalue weighted by Crippen LogP contribution is 2.17. The quantitative estimate of drug-likeness (QED) is 0.834. The van der Waals surface area contributed by atoms with Crippen molar-refractivity contribution >= 4 is 11.6 Å². The molecule has 1 atom stereocenters. The third-order valence-corrected chi connectivity index (χ3v) is 3.25. The molecule has 0 aromatic heterocycles. The zero-order valence-electron chi connectivity index (χ0n) is 10.5. The van der Waals surface area contributed by atoms with Gasteiger partial charge in [-0.05, 0) is 44.0 Å². The van der Waals surface area contributed by atoms with Crippen LogP contribution in [0.3, 0.4) is 0 Å². The van der Waals surface area contributed by atoms with E-state index >= 15 is 0 Å².